The minimum atomic E-state index is 0.137. The molecular weight excluding hydrogens is 168 g/mol. The summed E-state index contributed by atoms with van der Waals surface area (Å²) in [5, 5.41) is 7.92. The molecule has 1 aromatic heterocycles. The van der Waals surface area contributed by atoms with Crippen LogP contribution in [0.5, 0.6) is 5.88 Å². The summed E-state index contributed by atoms with van der Waals surface area (Å²) < 4.78 is 10.4. The Hall–Kier alpha value is -1.16. The van der Waals surface area contributed by atoms with Crippen molar-refractivity contribution in [3.05, 3.63) is 17.8 Å². The Morgan fingerprint density at radius 1 is 1.46 bits per heavy atom. The zero-order chi connectivity index (χ0) is 9.10. The summed E-state index contributed by atoms with van der Waals surface area (Å²) in [6.45, 7) is 0.832. The van der Waals surface area contributed by atoms with E-state index in [2.05, 4.69) is 10.2 Å². The van der Waals surface area contributed by atoms with Crippen LogP contribution in [0, 0.1) is 0 Å². The minimum Gasteiger partial charge on any atom is -0.480 e. The van der Waals surface area contributed by atoms with Gasteiger partial charge in [0.2, 0.25) is 5.88 Å². The Bertz CT molecular complexity index is 267. The maximum Gasteiger partial charge on any atom is 0.233 e. The molecule has 0 amide bonds. The average Bonchev–Trinajstić information content (AvgIpc) is 2.71. The smallest absolute Gasteiger partial charge is 0.233 e. The van der Waals surface area contributed by atoms with Crippen molar-refractivity contribution in [2.75, 3.05) is 13.7 Å². The summed E-state index contributed by atoms with van der Waals surface area (Å²) in [4.78, 5) is 0. The number of hydrogen-bond acceptors (Lipinski definition) is 4. The van der Waals surface area contributed by atoms with Crippen molar-refractivity contribution in [2.45, 2.75) is 18.9 Å². The largest absolute Gasteiger partial charge is 0.480 e. The van der Waals surface area contributed by atoms with Gasteiger partial charge in [0.1, 0.15) is 6.10 Å². The van der Waals surface area contributed by atoms with Crippen LogP contribution in [-0.4, -0.2) is 23.9 Å². The second-order valence-electron chi connectivity index (χ2n) is 3.00. The van der Waals surface area contributed by atoms with Crippen molar-refractivity contribution in [1.29, 1.82) is 0 Å². The standard InChI is InChI=1S/C9H12N2O2/c1-12-9-5-4-7(10-11-9)8-3-2-6-13-8/h4-5,8H,2-3,6H2,1H3. The summed E-state index contributed by atoms with van der Waals surface area (Å²) in [6, 6.07) is 3.71. The predicted octanol–water partition coefficient (Wildman–Crippen LogP) is 1.34. The number of aromatic nitrogens is 2. The van der Waals surface area contributed by atoms with Gasteiger partial charge in [0, 0.05) is 12.7 Å². The SMILES string of the molecule is COc1ccc(C2CCCO2)nn1. The number of nitrogens with zero attached hydrogens (tertiary/aromatic N) is 2. The van der Waals surface area contributed by atoms with Gasteiger partial charge in [-0.3, -0.25) is 0 Å². The first-order valence-corrected chi connectivity index (χ1v) is 4.39. The first kappa shape index (κ1) is 8.44. The monoisotopic (exact) mass is 180 g/mol. The molecule has 0 bridgehead atoms. The summed E-state index contributed by atoms with van der Waals surface area (Å²) in [5.74, 6) is 0.543. The fourth-order valence-corrected chi connectivity index (χ4v) is 1.42. The van der Waals surface area contributed by atoms with Crippen molar-refractivity contribution in [3.63, 3.8) is 0 Å². The van der Waals surface area contributed by atoms with Crippen LogP contribution in [0.1, 0.15) is 24.6 Å². The molecule has 0 aliphatic carbocycles. The highest BCUT2D eigenvalue weighted by Crippen LogP contribution is 2.26. The Balaban J connectivity index is 2.12. The number of hydrogen-bond donors (Lipinski definition) is 0. The van der Waals surface area contributed by atoms with E-state index in [0.717, 1.165) is 25.1 Å². The van der Waals surface area contributed by atoms with Crippen LogP contribution >= 0.6 is 0 Å². The van der Waals surface area contributed by atoms with E-state index >= 15 is 0 Å². The summed E-state index contributed by atoms with van der Waals surface area (Å²) >= 11 is 0. The molecule has 0 spiro atoms. The van der Waals surface area contributed by atoms with Gasteiger partial charge >= 0.3 is 0 Å². The summed E-state index contributed by atoms with van der Waals surface area (Å²) in [6.07, 6.45) is 2.29. The molecule has 1 unspecified atom stereocenters. The molecule has 1 saturated heterocycles. The van der Waals surface area contributed by atoms with E-state index in [1.54, 1.807) is 7.11 Å². The second-order valence-corrected chi connectivity index (χ2v) is 3.00. The van der Waals surface area contributed by atoms with Crippen LogP contribution in [0.4, 0.5) is 0 Å². The molecular formula is C9H12N2O2. The topological polar surface area (TPSA) is 44.2 Å². The Morgan fingerprint density at radius 2 is 2.38 bits per heavy atom. The van der Waals surface area contributed by atoms with Crippen molar-refractivity contribution in [2.24, 2.45) is 0 Å². The Morgan fingerprint density at radius 3 is 2.92 bits per heavy atom. The van der Waals surface area contributed by atoms with Crippen LogP contribution in [0.25, 0.3) is 0 Å². The molecule has 1 atom stereocenters. The van der Waals surface area contributed by atoms with Gasteiger partial charge in [-0.15, -0.1) is 10.2 Å². The fraction of sp³-hybridized carbons (Fsp3) is 0.556. The molecule has 1 aliphatic heterocycles. The summed E-state index contributed by atoms with van der Waals surface area (Å²) in [5.41, 5.74) is 0.901. The van der Waals surface area contributed by atoms with Gasteiger partial charge in [0.15, 0.2) is 0 Å². The average molecular weight is 180 g/mol. The third kappa shape index (κ3) is 1.78. The van der Waals surface area contributed by atoms with E-state index in [0.29, 0.717) is 5.88 Å². The minimum absolute atomic E-state index is 0.137. The van der Waals surface area contributed by atoms with Crippen molar-refractivity contribution < 1.29 is 9.47 Å². The van der Waals surface area contributed by atoms with Crippen LogP contribution in [0.15, 0.2) is 12.1 Å². The molecule has 0 radical (unpaired) electrons. The highest BCUT2D eigenvalue weighted by Gasteiger charge is 2.19. The van der Waals surface area contributed by atoms with Crippen LogP contribution in [0.3, 0.4) is 0 Å². The van der Waals surface area contributed by atoms with Crippen molar-refractivity contribution in [3.8, 4) is 5.88 Å². The van der Waals surface area contributed by atoms with E-state index in [1.807, 2.05) is 12.1 Å². The first-order valence-electron chi connectivity index (χ1n) is 4.39. The molecule has 0 aromatic carbocycles. The zero-order valence-corrected chi connectivity index (χ0v) is 7.56. The maximum atomic E-state index is 5.47. The van der Waals surface area contributed by atoms with Crippen LogP contribution in [0.2, 0.25) is 0 Å². The van der Waals surface area contributed by atoms with Crippen molar-refractivity contribution in [1.82, 2.24) is 10.2 Å². The second kappa shape index (κ2) is 3.70. The van der Waals surface area contributed by atoms with Gasteiger partial charge < -0.3 is 9.47 Å². The summed E-state index contributed by atoms with van der Waals surface area (Å²) in [7, 11) is 1.58. The van der Waals surface area contributed by atoms with E-state index in [4.69, 9.17) is 9.47 Å². The normalized spacial score (nSPS) is 21.8. The molecule has 1 aliphatic rings. The van der Waals surface area contributed by atoms with Gasteiger partial charge in [-0.05, 0) is 18.9 Å². The molecule has 0 saturated carbocycles. The van der Waals surface area contributed by atoms with Gasteiger partial charge in [-0.1, -0.05) is 0 Å². The fourth-order valence-electron chi connectivity index (χ4n) is 1.42. The Labute approximate surface area is 76.9 Å². The van der Waals surface area contributed by atoms with E-state index in [1.165, 1.54) is 0 Å². The van der Waals surface area contributed by atoms with Gasteiger partial charge in [-0.25, -0.2) is 0 Å². The molecule has 70 valence electrons. The number of ether oxygens (including phenoxy) is 2. The number of rotatable bonds is 2. The maximum absolute atomic E-state index is 5.47. The molecule has 0 N–H and O–H groups in total. The molecule has 4 nitrogen and oxygen atoms in total. The van der Waals surface area contributed by atoms with Gasteiger partial charge in [0.25, 0.3) is 0 Å². The molecule has 2 heterocycles. The lowest BCUT2D eigenvalue weighted by atomic mass is 10.2. The lowest BCUT2D eigenvalue weighted by Crippen LogP contribution is -2.01. The predicted molar refractivity (Wildman–Crippen MR) is 46.5 cm³/mol. The highest BCUT2D eigenvalue weighted by atomic mass is 16.5. The van der Waals surface area contributed by atoms with E-state index < -0.39 is 0 Å². The van der Waals surface area contributed by atoms with Crippen LogP contribution in [-0.2, 0) is 4.74 Å². The lowest BCUT2D eigenvalue weighted by molar-refractivity contribution is 0.107. The van der Waals surface area contributed by atoms with Gasteiger partial charge in [-0.2, -0.15) is 0 Å². The quantitative estimate of drug-likeness (QED) is 0.688. The van der Waals surface area contributed by atoms with Crippen molar-refractivity contribution >= 4 is 0 Å². The first-order chi connectivity index (χ1) is 6.40. The van der Waals surface area contributed by atoms with E-state index in [-0.39, 0.29) is 6.10 Å². The Kier molecular flexibility index (Phi) is 2.40. The zero-order valence-electron chi connectivity index (χ0n) is 7.56. The third-order valence-electron chi connectivity index (χ3n) is 2.13. The molecule has 4 heteroatoms. The van der Waals surface area contributed by atoms with E-state index in [9.17, 15) is 0 Å². The van der Waals surface area contributed by atoms with Gasteiger partial charge in [0.05, 0.1) is 12.8 Å². The van der Waals surface area contributed by atoms with Crippen LogP contribution < -0.4 is 4.74 Å². The molecule has 1 aromatic rings. The third-order valence-corrected chi connectivity index (χ3v) is 2.13. The molecule has 13 heavy (non-hydrogen) atoms. The number of methoxy groups -OCH3 is 1. The molecule has 1 fully saturated rings. The lowest BCUT2D eigenvalue weighted by Gasteiger charge is -2.07. The molecule has 2 rings (SSSR count). The highest BCUT2D eigenvalue weighted by molar-refractivity contribution is 5.13.